The van der Waals surface area contributed by atoms with Gasteiger partial charge in [-0.15, -0.1) is 0 Å². The molecular weight excluding hydrogens is 226 g/mol. The van der Waals surface area contributed by atoms with Crippen LogP contribution in [-0.2, 0) is 11.2 Å². The molecule has 0 radical (unpaired) electrons. The second-order valence-electron chi connectivity index (χ2n) is 5.34. The molecule has 0 aromatic heterocycles. The van der Waals surface area contributed by atoms with Crippen molar-refractivity contribution in [3.05, 3.63) is 29.3 Å². The van der Waals surface area contributed by atoms with E-state index in [1.807, 2.05) is 13.0 Å². The predicted molar refractivity (Wildman–Crippen MR) is 72.0 cm³/mol. The Kier molecular flexibility index (Phi) is 3.27. The molecule has 2 unspecified atom stereocenters. The molecule has 2 heterocycles. The first-order valence-electron chi connectivity index (χ1n) is 6.91. The Morgan fingerprint density at radius 2 is 2.33 bits per heavy atom. The van der Waals surface area contributed by atoms with Crippen LogP contribution in [0.2, 0.25) is 0 Å². The van der Waals surface area contributed by atoms with Crippen LogP contribution in [-0.4, -0.2) is 30.9 Å². The first-order valence-corrected chi connectivity index (χ1v) is 6.91. The molecule has 2 aliphatic rings. The average Bonchev–Trinajstić information content (AvgIpc) is 2.83. The van der Waals surface area contributed by atoms with Gasteiger partial charge >= 0.3 is 0 Å². The molecule has 2 atom stereocenters. The van der Waals surface area contributed by atoms with Crippen LogP contribution in [0.1, 0.15) is 37.0 Å². The molecule has 1 fully saturated rings. The first-order chi connectivity index (χ1) is 8.77. The first kappa shape index (κ1) is 12.0. The number of ether oxygens (including phenoxy) is 1. The van der Waals surface area contributed by atoms with Gasteiger partial charge in [-0.25, -0.2) is 0 Å². The second kappa shape index (κ2) is 4.90. The quantitative estimate of drug-likeness (QED) is 0.870. The van der Waals surface area contributed by atoms with E-state index in [9.17, 15) is 5.11 Å². The SMILES string of the molecule is CC(O)c1cccc2c1CCN2C1CCCOC1. The van der Waals surface area contributed by atoms with Crippen molar-refractivity contribution in [3.63, 3.8) is 0 Å². The van der Waals surface area contributed by atoms with Crippen LogP contribution in [0.25, 0.3) is 0 Å². The molecule has 3 nitrogen and oxygen atoms in total. The number of aliphatic hydroxyl groups excluding tert-OH is 1. The van der Waals surface area contributed by atoms with Gasteiger partial charge in [0.2, 0.25) is 0 Å². The highest BCUT2D eigenvalue weighted by Gasteiger charge is 2.29. The number of hydrogen-bond donors (Lipinski definition) is 1. The summed E-state index contributed by atoms with van der Waals surface area (Å²) < 4.78 is 5.60. The summed E-state index contributed by atoms with van der Waals surface area (Å²) in [4.78, 5) is 2.47. The van der Waals surface area contributed by atoms with Gasteiger partial charge in [0.1, 0.15) is 0 Å². The number of fused-ring (bicyclic) bond motifs is 1. The fourth-order valence-electron chi connectivity index (χ4n) is 3.23. The molecule has 1 aromatic rings. The lowest BCUT2D eigenvalue weighted by atomic mass is 10.0. The fourth-order valence-corrected chi connectivity index (χ4v) is 3.23. The Bertz CT molecular complexity index is 425. The van der Waals surface area contributed by atoms with Gasteiger partial charge in [-0.2, -0.15) is 0 Å². The summed E-state index contributed by atoms with van der Waals surface area (Å²) in [5, 5.41) is 9.84. The zero-order valence-corrected chi connectivity index (χ0v) is 10.9. The van der Waals surface area contributed by atoms with Crippen LogP contribution >= 0.6 is 0 Å². The van der Waals surface area contributed by atoms with Crippen LogP contribution in [0.3, 0.4) is 0 Å². The van der Waals surface area contributed by atoms with E-state index in [2.05, 4.69) is 17.0 Å². The summed E-state index contributed by atoms with van der Waals surface area (Å²) >= 11 is 0. The predicted octanol–water partition coefficient (Wildman–Crippen LogP) is 2.28. The number of nitrogens with zero attached hydrogens (tertiary/aromatic N) is 1. The maximum Gasteiger partial charge on any atom is 0.0765 e. The Morgan fingerprint density at radius 3 is 3.06 bits per heavy atom. The highest BCUT2D eigenvalue weighted by molar-refractivity contribution is 5.62. The van der Waals surface area contributed by atoms with E-state index in [4.69, 9.17) is 4.74 Å². The van der Waals surface area contributed by atoms with Crippen molar-refractivity contribution >= 4 is 5.69 Å². The summed E-state index contributed by atoms with van der Waals surface area (Å²) in [6.07, 6.45) is 3.06. The lowest BCUT2D eigenvalue weighted by Gasteiger charge is -2.33. The van der Waals surface area contributed by atoms with Crippen molar-refractivity contribution < 1.29 is 9.84 Å². The van der Waals surface area contributed by atoms with Gasteiger partial charge in [0, 0.05) is 18.8 Å². The van der Waals surface area contributed by atoms with Gasteiger partial charge < -0.3 is 14.7 Å². The number of rotatable bonds is 2. The molecule has 1 aromatic carbocycles. The minimum Gasteiger partial charge on any atom is -0.389 e. The molecular formula is C15H21NO2. The average molecular weight is 247 g/mol. The summed E-state index contributed by atoms with van der Waals surface area (Å²) in [5.41, 5.74) is 3.73. The molecule has 3 heteroatoms. The van der Waals surface area contributed by atoms with Crippen molar-refractivity contribution in [3.8, 4) is 0 Å². The zero-order chi connectivity index (χ0) is 12.5. The van der Waals surface area contributed by atoms with Gasteiger partial charge in [0.25, 0.3) is 0 Å². The molecule has 98 valence electrons. The summed E-state index contributed by atoms with van der Waals surface area (Å²) in [6, 6.07) is 6.81. The largest absolute Gasteiger partial charge is 0.389 e. The standard InChI is InChI=1S/C15H21NO2/c1-11(17)13-5-2-6-15-14(13)7-8-16(15)12-4-3-9-18-10-12/h2,5-6,11-12,17H,3-4,7-10H2,1H3. The van der Waals surface area contributed by atoms with Gasteiger partial charge in [0.05, 0.1) is 18.8 Å². The fraction of sp³-hybridized carbons (Fsp3) is 0.600. The Labute approximate surface area is 108 Å². The van der Waals surface area contributed by atoms with Crippen molar-refractivity contribution in [1.29, 1.82) is 0 Å². The van der Waals surface area contributed by atoms with E-state index in [1.54, 1.807) is 0 Å². The number of hydrogen-bond acceptors (Lipinski definition) is 3. The number of aliphatic hydroxyl groups is 1. The van der Waals surface area contributed by atoms with Crippen LogP contribution < -0.4 is 4.90 Å². The molecule has 18 heavy (non-hydrogen) atoms. The molecule has 0 bridgehead atoms. The summed E-state index contributed by atoms with van der Waals surface area (Å²) in [7, 11) is 0. The summed E-state index contributed by atoms with van der Waals surface area (Å²) in [6.45, 7) is 4.67. The molecule has 1 saturated heterocycles. The number of anilines is 1. The molecule has 1 N–H and O–H groups in total. The Hall–Kier alpha value is -1.06. The molecule has 0 saturated carbocycles. The van der Waals surface area contributed by atoms with E-state index in [-0.39, 0.29) is 6.10 Å². The lowest BCUT2D eigenvalue weighted by Crippen LogP contribution is -2.40. The summed E-state index contributed by atoms with van der Waals surface area (Å²) in [5.74, 6) is 0. The monoisotopic (exact) mass is 247 g/mol. The van der Waals surface area contributed by atoms with Crippen molar-refractivity contribution in [1.82, 2.24) is 0 Å². The van der Waals surface area contributed by atoms with Crippen LogP contribution in [0.15, 0.2) is 18.2 Å². The molecule has 0 amide bonds. The minimum absolute atomic E-state index is 0.373. The Balaban J connectivity index is 1.89. The van der Waals surface area contributed by atoms with E-state index in [1.165, 1.54) is 17.7 Å². The minimum atomic E-state index is -0.373. The highest BCUT2D eigenvalue weighted by Crippen LogP contribution is 2.35. The third-order valence-corrected chi connectivity index (χ3v) is 4.13. The molecule has 2 aliphatic heterocycles. The van der Waals surface area contributed by atoms with Gasteiger partial charge in [-0.3, -0.25) is 0 Å². The van der Waals surface area contributed by atoms with Crippen LogP contribution in [0.5, 0.6) is 0 Å². The van der Waals surface area contributed by atoms with E-state index >= 15 is 0 Å². The smallest absolute Gasteiger partial charge is 0.0765 e. The highest BCUT2D eigenvalue weighted by atomic mass is 16.5. The second-order valence-corrected chi connectivity index (χ2v) is 5.34. The number of benzene rings is 1. The third kappa shape index (κ3) is 2.02. The molecule has 3 rings (SSSR count). The van der Waals surface area contributed by atoms with Crippen LogP contribution in [0, 0.1) is 0 Å². The lowest BCUT2D eigenvalue weighted by molar-refractivity contribution is 0.0798. The maximum atomic E-state index is 9.84. The van der Waals surface area contributed by atoms with E-state index in [0.717, 1.165) is 38.2 Å². The normalized spacial score (nSPS) is 25.0. The van der Waals surface area contributed by atoms with Crippen molar-refractivity contribution in [2.24, 2.45) is 0 Å². The molecule has 0 aliphatic carbocycles. The third-order valence-electron chi connectivity index (χ3n) is 4.13. The molecule has 0 spiro atoms. The van der Waals surface area contributed by atoms with Gasteiger partial charge in [0.15, 0.2) is 0 Å². The van der Waals surface area contributed by atoms with Gasteiger partial charge in [-0.1, -0.05) is 12.1 Å². The van der Waals surface area contributed by atoms with Crippen molar-refractivity contribution in [2.75, 3.05) is 24.7 Å². The zero-order valence-electron chi connectivity index (χ0n) is 10.9. The maximum absolute atomic E-state index is 9.84. The Morgan fingerprint density at radius 1 is 1.44 bits per heavy atom. The topological polar surface area (TPSA) is 32.7 Å². The van der Waals surface area contributed by atoms with E-state index < -0.39 is 0 Å². The van der Waals surface area contributed by atoms with E-state index in [0.29, 0.717) is 6.04 Å². The van der Waals surface area contributed by atoms with Crippen LogP contribution in [0.4, 0.5) is 5.69 Å². The van der Waals surface area contributed by atoms with Gasteiger partial charge in [-0.05, 0) is 43.4 Å². The van der Waals surface area contributed by atoms with Crippen molar-refractivity contribution in [2.45, 2.75) is 38.3 Å².